The average Bonchev–Trinajstić information content (AvgIpc) is 2.70. The molecule has 0 bridgehead atoms. The molecule has 2 aromatic rings. The van der Waals surface area contributed by atoms with Crippen LogP contribution in [0.4, 0.5) is 10.5 Å². The van der Waals surface area contributed by atoms with Crippen molar-refractivity contribution in [1.82, 2.24) is 9.47 Å². The van der Waals surface area contributed by atoms with Gasteiger partial charge in [0.1, 0.15) is 5.76 Å². The summed E-state index contributed by atoms with van der Waals surface area (Å²) in [5.41, 5.74) is 2.46. The van der Waals surface area contributed by atoms with Crippen molar-refractivity contribution in [3.8, 4) is 0 Å². The molecular formula is C23H28ClN3O4. The Morgan fingerprint density at radius 1 is 1.29 bits per heavy atom. The summed E-state index contributed by atoms with van der Waals surface area (Å²) >= 11 is 6.25. The van der Waals surface area contributed by atoms with Gasteiger partial charge in [-0.1, -0.05) is 23.7 Å². The van der Waals surface area contributed by atoms with E-state index in [2.05, 4.69) is 10.2 Å². The van der Waals surface area contributed by atoms with E-state index in [0.717, 1.165) is 18.5 Å². The Balaban J connectivity index is 2.09. The number of nitrogens with one attached hydrogen (secondary N) is 1. The second-order valence-electron chi connectivity index (χ2n) is 7.69. The van der Waals surface area contributed by atoms with Crippen LogP contribution in [0.15, 0.2) is 52.8 Å². The molecule has 0 saturated carbocycles. The smallest absolute Gasteiger partial charge is 0.434 e. The Morgan fingerprint density at radius 2 is 2.06 bits per heavy atom. The van der Waals surface area contributed by atoms with Gasteiger partial charge in [0.05, 0.1) is 23.8 Å². The first-order valence-electron chi connectivity index (χ1n) is 10.3. The highest BCUT2D eigenvalue weighted by Gasteiger charge is 2.34. The molecule has 8 heteroatoms. The van der Waals surface area contributed by atoms with Gasteiger partial charge in [0.15, 0.2) is 0 Å². The number of benzene rings is 1. The summed E-state index contributed by atoms with van der Waals surface area (Å²) in [6.45, 7) is 5.16. The number of rotatable bonds is 7. The number of aromatic nitrogens is 1. The molecule has 1 aliphatic rings. The summed E-state index contributed by atoms with van der Waals surface area (Å²) in [5, 5.41) is 3.74. The van der Waals surface area contributed by atoms with Crippen molar-refractivity contribution in [2.24, 2.45) is 0 Å². The third kappa shape index (κ3) is 5.29. The fraction of sp³-hybridized carbons (Fsp3) is 0.391. The molecule has 1 unspecified atom stereocenters. The van der Waals surface area contributed by atoms with E-state index in [9.17, 15) is 9.59 Å². The minimum Gasteiger partial charge on any atom is -0.434 e. The Hall–Kier alpha value is -2.77. The van der Waals surface area contributed by atoms with Gasteiger partial charge in [0, 0.05) is 23.5 Å². The van der Waals surface area contributed by atoms with Gasteiger partial charge >= 0.3 is 6.16 Å². The van der Waals surface area contributed by atoms with Gasteiger partial charge in [-0.25, -0.2) is 4.79 Å². The lowest BCUT2D eigenvalue weighted by Gasteiger charge is -2.30. The summed E-state index contributed by atoms with van der Waals surface area (Å²) < 4.78 is 12.3. The lowest BCUT2D eigenvalue weighted by atomic mass is 9.86. The number of hydrogen-bond acceptors (Lipinski definition) is 6. The van der Waals surface area contributed by atoms with Crippen molar-refractivity contribution in [1.29, 1.82) is 0 Å². The Kier molecular flexibility index (Phi) is 7.41. The zero-order chi connectivity index (χ0) is 22.5. The predicted molar refractivity (Wildman–Crippen MR) is 122 cm³/mol. The van der Waals surface area contributed by atoms with Crippen molar-refractivity contribution in [3.63, 3.8) is 0 Å². The van der Waals surface area contributed by atoms with Crippen LogP contribution in [0.25, 0.3) is 0 Å². The van der Waals surface area contributed by atoms with E-state index in [1.165, 1.54) is 0 Å². The van der Waals surface area contributed by atoms with E-state index in [1.807, 2.05) is 32.3 Å². The van der Waals surface area contributed by atoms with E-state index in [4.69, 9.17) is 21.1 Å². The molecule has 0 amide bonds. The topological polar surface area (TPSA) is 72.8 Å². The molecule has 166 valence electrons. The molecule has 1 aliphatic heterocycles. The molecule has 0 fully saturated rings. The Morgan fingerprint density at radius 3 is 2.74 bits per heavy atom. The van der Waals surface area contributed by atoms with Gasteiger partial charge in [-0.15, -0.1) is 0 Å². The van der Waals surface area contributed by atoms with E-state index >= 15 is 0 Å². The fourth-order valence-corrected chi connectivity index (χ4v) is 3.90. The SMILES string of the molecule is CCOC(=O)OC1=C(C)Nc2ccn(CCCN(C)C)c(=O)c2C1c1cccc(Cl)c1. The number of allylic oxidation sites excluding steroid dienone is 2. The van der Waals surface area contributed by atoms with Crippen molar-refractivity contribution < 1.29 is 14.3 Å². The molecule has 3 rings (SSSR count). The van der Waals surface area contributed by atoms with E-state index in [1.54, 1.807) is 36.7 Å². The van der Waals surface area contributed by atoms with Gasteiger partial charge in [0.2, 0.25) is 0 Å². The number of ether oxygens (including phenoxy) is 2. The number of carbonyl (C=O) groups excluding carboxylic acids is 1. The second-order valence-corrected chi connectivity index (χ2v) is 8.12. The van der Waals surface area contributed by atoms with Crippen LogP contribution in [0.1, 0.15) is 37.3 Å². The van der Waals surface area contributed by atoms with Crippen LogP contribution in [0.2, 0.25) is 5.02 Å². The minimum atomic E-state index is -0.809. The lowest BCUT2D eigenvalue weighted by Crippen LogP contribution is -2.32. The normalized spacial score (nSPS) is 15.5. The molecule has 1 N–H and O–H groups in total. The number of hydrogen-bond donors (Lipinski definition) is 1. The van der Waals surface area contributed by atoms with Crippen LogP contribution in [-0.2, 0) is 16.0 Å². The highest BCUT2D eigenvalue weighted by molar-refractivity contribution is 6.30. The molecule has 0 radical (unpaired) electrons. The average molecular weight is 446 g/mol. The van der Waals surface area contributed by atoms with Crippen molar-refractivity contribution >= 4 is 23.4 Å². The molecule has 7 nitrogen and oxygen atoms in total. The molecule has 2 heterocycles. The van der Waals surface area contributed by atoms with Crippen LogP contribution in [0.5, 0.6) is 0 Å². The monoisotopic (exact) mass is 445 g/mol. The maximum Gasteiger partial charge on any atom is 0.513 e. The maximum absolute atomic E-state index is 13.5. The molecule has 1 aromatic heterocycles. The number of halogens is 1. The van der Waals surface area contributed by atoms with Gasteiger partial charge in [-0.3, -0.25) is 4.79 Å². The highest BCUT2D eigenvalue weighted by atomic mass is 35.5. The summed E-state index contributed by atoms with van der Waals surface area (Å²) in [7, 11) is 4.00. The quantitative estimate of drug-likeness (QED) is 0.636. The Bertz CT molecular complexity index is 1050. The van der Waals surface area contributed by atoms with Gasteiger partial charge in [-0.2, -0.15) is 0 Å². The number of aryl methyl sites for hydroxylation is 1. The fourth-order valence-electron chi connectivity index (χ4n) is 3.70. The molecule has 0 aliphatic carbocycles. The molecule has 0 saturated heterocycles. The third-order valence-corrected chi connectivity index (χ3v) is 5.32. The van der Waals surface area contributed by atoms with E-state index in [0.29, 0.717) is 34.3 Å². The summed E-state index contributed by atoms with van der Waals surface area (Å²) in [4.78, 5) is 27.7. The van der Waals surface area contributed by atoms with Crippen molar-refractivity contribution in [2.45, 2.75) is 32.7 Å². The first-order chi connectivity index (χ1) is 14.8. The summed E-state index contributed by atoms with van der Waals surface area (Å²) in [6, 6.07) is 9.12. The van der Waals surface area contributed by atoms with Crippen LogP contribution >= 0.6 is 11.6 Å². The third-order valence-electron chi connectivity index (χ3n) is 5.09. The zero-order valence-electron chi connectivity index (χ0n) is 18.3. The van der Waals surface area contributed by atoms with Crippen LogP contribution in [0, 0.1) is 0 Å². The standard InChI is InChI=1S/C23H28ClN3O4/c1-5-30-23(29)31-21-15(2)25-18-10-13-27(12-7-11-26(3)4)22(28)20(18)19(21)16-8-6-9-17(24)14-16/h6,8-10,13-14,19,25H,5,7,11-12H2,1-4H3. The number of fused-ring (bicyclic) bond motifs is 1. The van der Waals surface area contributed by atoms with Crippen molar-refractivity contribution in [2.75, 3.05) is 32.6 Å². The number of carbonyl (C=O) groups is 1. The van der Waals surface area contributed by atoms with E-state index < -0.39 is 12.1 Å². The predicted octanol–water partition coefficient (Wildman–Crippen LogP) is 4.42. The largest absolute Gasteiger partial charge is 0.513 e. The highest BCUT2D eigenvalue weighted by Crippen LogP contribution is 2.41. The summed E-state index contributed by atoms with van der Waals surface area (Å²) in [5.74, 6) is -0.260. The van der Waals surface area contributed by atoms with Crippen molar-refractivity contribution in [3.05, 3.63) is 74.5 Å². The van der Waals surface area contributed by atoms with Gasteiger partial charge < -0.3 is 24.3 Å². The molecular weight excluding hydrogens is 418 g/mol. The minimum absolute atomic E-state index is 0.133. The van der Waals surface area contributed by atoms with Crippen LogP contribution in [-0.4, -0.2) is 42.9 Å². The first-order valence-corrected chi connectivity index (χ1v) is 10.7. The maximum atomic E-state index is 13.5. The first kappa shape index (κ1) is 22.9. The second kappa shape index (κ2) is 10.0. The van der Waals surface area contributed by atoms with Gasteiger partial charge in [0.25, 0.3) is 5.56 Å². The lowest BCUT2D eigenvalue weighted by molar-refractivity contribution is 0.0777. The van der Waals surface area contributed by atoms with Crippen LogP contribution < -0.4 is 10.9 Å². The Labute approximate surface area is 187 Å². The molecule has 0 spiro atoms. The summed E-state index contributed by atoms with van der Waals surface area (Å²) in [6.07, 6.45) is 1.82. The molecule has 31 heavy (non-hydrogen) atoms. The molecule has 1 atom stereocenters. The van der Waals surface area contributed by atoms with Gasteiger partial charge in [-0.05, 0) is 64.7 Å². The number of anilines is 1. The van der Waals surface area contributed by atoms with Crippen LogP contribution in [0.3, 0.4) is 0 Å². The zero-order valence-corrected chi connectivity index (χ0v) is 19.0. The molecule has 1 aromatic carbocycles. The van der Waals surface area contributed by atoms with E-state index in [-0.39, 0.29) is 12.2 Å². The number of pyridine rings is 1. The number of nitrogens with zero attached hydrogens (tertiary/aromatic N) is 2.